The van der Waals surface area contributed by atoms with Gasteiger partial charge in [0.15, 0.2) is 0 Å². The zero-order valence-electron chi connectivity index (χ0n) is 16.2. The Hall–Kier alpha value is -1.74. The number of rotatable bonds is 15. The molecule has 1 atom stereocenters. The van der Waals surface area contributed by atoms with Crippen LogP contribution in [0.4, 0.5) is 0 Å². The molecule has 0 spiro atoms. The molecule has 0 fully saturated rings. The van der Waals surface area contributed by atoms with Gasteiger partial charge in [-0.25, -0.2) is 0 Å². The molecule has 0 rings (SSSR count). The molecule has 0 aromatic rings. The molecule has 1 unspecified atom stereocenters. The van der Waals surface area contributed by atoms with Gasteiger partial charge in [0.05, 0.1) is 0 Å². The first-order chi connectivity index (χ1) is 12.7. The van der Waals surface area contributed by atoms with Crippen LogP contribution in [-0.2, 0) is 4.79 Å². The fourth-order valence-electron chi connectivity index (χ4n) is 2.04. The molecule has 0 aromatic heterocycles. The first-order valence-corrected chi connectivity index (χ1v) is 10.7. The normalized spacial score (nSPS) is 14.2. The lowest BCUT2D eigenvalue weighted by Gasteiger charge is -2.04. The number of hydrogen-bond donors (Lipinski definition) is 1. The Morgan fingerprint density at radius 2 is 1.08 bits per heavy atom. The summed E-state index contributed by atoms with van der Waals surface area (Å²) in [6.07, 6.45) is 34.1. The van der Waals surface area contributed by atoms with Gasteiger partial charge in [0, 0.05) is 0 Å². The Labute approximate surface area is 164 Å². The van der Waals surface area contributed by atoms with E-state index in [1.54, 1.807) is 0 Å². The third kappa shape index (κ3) is 17.1. The number of thioether (sulfide) groups is 1. The molecule has 0 saturated heterocycles. The third-order valence-corrected chi connectivity index (χ3v) is 4.47. The molecule has 0 amide bonds. The van der Waals surface area contributed by atoms with Crippen molar-refractivity contribution in [2.24, 2.45) is 0 Å². The minimum Gasteiger partial charge on any atom is -0.480 e. The van der Waals surface area contributed by atoms with Crippen LogP contribution in [0.3, 0.4) is 0 Å². The van der Waals surface area contributed by atoms with Gasteiger partial charge in [0.25, 0.3) is 0 Å². The minimum absolute atomic E-state index is 0.334. The molecular weight excluding hydrogens is 340 g/mol. The summed E-state index contributed by atoms with van der Waals surface area (Å²) in [6.45, 7) is 2.15. The SMILES string of the molecule is CC/C=C\C/C=C\C/C=C\C/C=C\C/C=C\C/C=C\CC(SC)C(=O)O. The first kappa shape index (κ1) is 24.3. The van der Waals surface area contributed by atoms with E-state index in [2.05, 4.69) is 67.7 Å². The molecule has 0 heterocycles. The summed E-state index contributed by atoms with van der Waals surface area (Å²) in [6, 6.07) is 0. The second-order valence-corrected chi connectivity index (χ2v) is 6.75. The van der Waals surface area contributed by atoms with Crippen LogP contribution in [-0.4, -0.2) is 22.6 Å². The van der Waals surface area contributed by atoms with E-state index in [-0.39, 0.29) is 5.25 Å². The highest BCUT2D eigenvalue weighted by molar-refractivity contribution is 7.99. The van der Waals surface area contributed by atoms with Crippen LogP contribution in [0.25, 0.3) is 0 Å². The van der Waals surface area contributed by atoms with E-state index in [4.69, 9.17) is 5.11 Å². The van der Waals surface area contributed by atoms with Gasteiger partial charge < -0.3 is 5.11 Å². The smallest absolute Gasteiger partial charge is 0.316 e. The van der Waals surface area contributed by atoms with Crippen LogP contribution in [0.5, 0.6) is 0 Å². The van der Waals surface area contributed by atoms with Gasteiger partial charge in [-0.3, -0.25) is 4.79 Å². The lowest BCUT2D eigenvalue weighted by Crippen LogP contribution is -2.14. The maximum absolute atomic E-state index is 10.9. The fraction of sp³-hybridized carbons (Fsp3) is 0.435. The number of carbonyl (C=O) groups is 1. The van der Waals surface area contributed by atoms with Crippen molar-refractivity contribution in [2.45, 2.75) is 57.1 Å². The van der Waals surface area contributed by atoms with Crippen LogP contribution < -0.4 is 0 Å². The Bertz CT molecular complexity index is 510. The summed E-state index contributed by atoms with van der Waals surface area (Å²) in [5, 5.41) is 8.60. The summed E-state index contributed by atoms with van der Waals surface area (Å²) in [4.78, 5) is 10.9. The van der Waals surface area contributed by atoms with Crippen molar-refractivity contribution in [1.29, 1.82) is 0 Å². The maximum atomic E-state index is 10.9. The lowest BCUT2D eigenvalue weighted by molar-refractivity contribution is -0.136. The van der Waals surface area contributed by atoms with Gasteiger partial charge in [-0.2, -0.15) is 0 Å². The number of aliphatic carboxylic acids is 1. The van der Waals surface area contributed by atoms with Gasteiger partial charge in [-0.1, -0.05) is 79.8 Å². The van der Waals surface area contributed by atoms with Gasteiger partial charge in [0.2, 0.25) is 0 Å². The largest absolute Gasteiger partial charge is 0.480 e. The lowest BCUT2D eigenvalue weighted by atomic mass is 10.2. The van der Waals surface area contributed by atoms with E-state index in [1.807, 2.05) is 18.4 Å². The van der Waals surface area contributed by atoms with Crippen LogP contribution in [0, 0.1) is 0 Å². The molecule has 0 aliphatic rings. The summed E-state index contributed by atoms with van der Waals surface area (Å²) in [5.74, 6) is -0.739. The molecular formula is C23H34O2S. The van der Waals surface area contributed by atoms with Crippen molar-refractivity contribution in [3.63, 3.8) is 0 Å². The number of hydrogen-bond acceptors (Lipinski definition) is 2. The van der Waals surface area contributed by atoms with Crippen molar-refractivity contribution < 1.29 is 9.90 Å². The Balaban J connectivity index is 3.65. The average molecular weight is 375 g/mol. The number of carboxylic acid groups (broad SMARTS) is 1. The van der Waals surface area contributed by atoms with E-state index in [9.17, 15) is 4.79 Å². The molecule has 144 valence electrons. The van der Waals surface area contributed by atoms with Crippen molar-refractivity contribution in [3.8, 4) is 0 Å². The van der Waals surface area contributed by atoms with Gasteiger partial charge in [-0.15, -0.1) is 11.8 Å². The molecule has 0 bridgehead atoms. The van der Waals surface area contributed by atoms with Crippen LogP contribution in [0.15, 0.2) is 72.9 Å². The van der Waals surface area contributed by atoms with Crippen molar-refractivity contribution >= 4 is 17.7 Å². The van der Waals surface area contributed by atoms with Gasteiger partial charge in [-0.05, 0) is 51.2 Å². The number of carboxylic acids is 1. The minimum atomic E-state index is -0.739. The maximum Gasteiger partial charge on any atom is 0.316 e. The zero-order chi connectivity index (χ0) is 19.3. The molecule has 0 aliphatic heterocycles. The van der Waals surface area contributed by atoms with Crippen molar-refractivity contribution in [3.05, 3.63) is 72.9 Å². The Morgan fingerprint density at radius 3 is 1.38 bits per heavy atom. The van der Waals surface area contributed by atoms with Crippen LogP contribution in [0.2, 0.25) is 0 Å². The van der Waals surface area contributed by atoms with Gasteiger partial charge >= 0.3 is 5.97 Å². The molecule has 0 radical (unpaired) electrons. The predicted molar refractivity (Wildman–Crippen MR) is 118 cm³/mol. The van der Waals surface area contributed by atoms with Crippen molar-refractivity contribution in [2.75, 3.05) is 6.26 Å². The van der Waals surface area contributed by atoms with Crippen LogP contribution >= 0.6 is 11.8 Å². The summed E-state index contributed by atoms with van der Waals surface area (Å²) in [5.41, 5.74) is 0. The second-order valence-electron chi connectivity index (χ2n) is 5.71. The zero-order valence-corrected chi connectivity index (χ0v) is 17.0. The third-order valence-electron chi connectivity index (χ3n) is 3.51. The van der Waals surface area contributed by atoms with E-state index < -0.39 is 5.97 Å². The Morgan fingerprint density at radius 1 is 0.731 bits per heavy atom. The molecule has 0 saturated carbocycles. The summed E-state index contributed by atoms with van der Waals surface area (Å²) < 4.78 is 0. The molecule has 0 aromatic carbocycles. The van der Waals surface area contributed by atoms with E-state index in [1.165, 1.54) is 11.8 Å². The van der Waals surface area contributed by atoms with E-state index in [0.717, 1.165) is 38.5 Å². The molecule has 26 heavy (non-hydrogen) atoms. The van der Waals surface area contributed by atoms with Crippen LogP contribution in [0.1, 0.15) is 51.9 Å². The first-order valence-electron chi connectivity index (χ1n) is 9.37. The Kier molecular flexibility index (Phi) is 18.3. The highest BCUT2D eigenvalue weighted by Crippen LogP contribution is 2.11. The average Bonchev–Trinajstić information content (AvgIpc) is 2.63. The molecule has 2 nitrogen and oxygen atoms in total. The highest BCUT2D eigenvalue weighted by Gasteiger charge is 2.12. The number of allylic oxidation sites excluding steroid dienone is 12. The fourth-order valence-corrected chi connectivity index (χ4v) is 2.54. The molecule has 1 N–H and O–H groups in total. The van der Waals surface area contributed by atoms with Gasteiger partial charge in [0.1, 0.15) is 5.25 Å². The quantitative estimate of drug-likeness (QED) is 0.317. The molecule has 3 heteroatoms. The standard InChI is InChI=1S/C23H34O2S/c1-3-4-5-6-7-8-9-10-11-12-13-14-15-16-17-18-19-20-21-22(26-2)23(24)25/h4-5,7-8,10-11,13-14,16-17,19-20,22H,3,6,9,12,15,18,21H2,1-2H3,(H,24,25)/b5-4-,8-7-,11-10-,14-13-,17-16-,20-19-. The van der Waals surface area contributed by atoms with E-state index >= 15 is 0 Å². The predicted octanol–water partition coefficient (Wildman–Crippen LogP) is 6.89. The highest BCUT2D eigenvalue weighted by atomic mass is 32.2. The van der Waals surface area contributed by atoms with Crippen molar-refractivity contribution in [1.82, 2.24) is 0 Å². The summed E-state index contributed by atoms with van der Waals surface area (Å²) >= 11 is 1.38. The van der Waals surface area contributed by atoms with E-state index in [0.29, 0.717) is 6.42 Å². The second kappa shape index (κ2) is 19.6. The topological polar surface area (TPSA) is 37.3 Å². The molecule has 0 aliphatic carbocycles. The summed E-state index contributed by atoms with van der Waals surface area (Å²) in [7, 11) is 0. The monoisotopic (exact) mass is 374 g/mol.